The maximum absolute atomic E-state index is 12.7. The fourth-order valence-electron chi connectivity index (χ4n) is 3.30. The minimum atomic E-state index is -3.53. The summed E-state index contributed by atoms with van der Waals surface area (Å²) in [5.41, 5.74) is 1.49. The predicted octanol–water partition coefficient (Wildman–Crippen LogP) is 3.27. The number of nitrogens with one attached hydrogen (secondary N) is 1. The first kappa shape index (κ1) is 17.6. The van der Waals surface area contributed by atoms with Crippen LogP contribution in [0.2, 0.25) is 0 Å². The van der Waals surface area contributed by atoms with Crippen LogP contribution in [-0.2, 0) is 10.0 Å². The second-order valence-electron chi connectivity index (χ2n) is 6.47. The highest BCUT2D eigenvalue weighted by Gasteiger charge is 2.27. The van der Waals surface area contributed by atoms with Gasteiger partial charge in [-0.25, -0.2) is 8.42 Å². The number of sulfonamides is 1. The van der Waals surface area contributed by atoms with Crippen molar-refractivity contribution in [2.75, 3.05) is 18.4 Å². The van der Waals surface area contributed by atoms with Gasteiger partial charge in [0.25, 0.3) is 5.91 Å². The van der Waals surface area contributed by atoms with E-state index in [1.165, 1.54) is 10.4 Å². The molecule has 1 N–H and O–H groups in total. The van der Waals surface area contributed by atoms with E-state index in [4.69, 9.17) is 0 Å². The normalized spacial score (nSPS) is 15.1. The van der Waals surface area contributed by atoms with Gasteiger partial charge in [0.1, 0.15) is 0 Å². The lowest BCUT2D eigenvalue weighted by molar-refractivity contribution is 0.102. The van der Waals surface area contributed by atoms with Crippen molar-refractivity contribution in [3.63, 3.8) is 0 Å². The van der Waals surface area contributed by atoms with E-state index in [0.717, 1.165) is 18.2 Å². The Morgan fingerprint density at radius 3 is 2.56 bits per heavy atom. The first-order valence-corrected chi connectivity index (χ1v) is 10.2. The molecule has 2 aromatic carbocycles. The first-order chi connectivity index (χ1) is 13.1. The Labute approximate surface area is 157 Å². The van der Waals surface area contributed by atoms with Gasteiger partial charge in [-0.05, 0) is 43.2 Å². The largest absolute Gasteiger partial charge is 0.322 e. The van der Waals surface area contributed by atoms with Gasteiger partial charge in [0.05, 0.1) is 16.0 Å². The summed E-state index contributed by atoms with van der Waals surface area (Å²) in [6.45, 7) is 1.08. The Morgan fingerprint density at radius 2 is 1.74 bits per heavy atom. The van der Waals surface area contributed by atoms with Crippen LogP contribution in [-0.4, -0.2) is 36.7 Å². The Kier molecular flexibility index (Phi) is 4.63. The van der Waals surface area contributed by atoms with Crippen molar-refractivity contribution in [3.8, 4) is 0 Å². The van der Waals surface area contributed by atoms with Gasteiger partial charge < -0.3 is 5.32 Å². The van der Waals surface area contributed by atoms with Gasteiger partial charge >= 0.3 is 0 Å². The third-order valence-electron chi connectivity index (χ3n) is 4.67. The van der Waals surface area contributed by atoms with Crippen LogP contribution in [0.5, 0.6) is 0 Å². The molecular weight excluding hydrogens is 362 g/mol. The van der Waals surface area contributed by atoms with Crippen LogP contribution >= 0.6 is 0 Å². The van der Waals surface area contributed by atoms with Crippen molar-refractivity contribution < 1.29 is 13.2 Å². The van der Waals surface area contributed by atoms with Crippen LogP contribution in [0.1, 0.15) is 23.2 Å². The maximum Gasteiger partial charge on any atom is 0.257 e. The minimum absolute atomic E-state index is 0.193. The third-order valence-corrected chi connectivity index (χ3v) is 6.57. The van der Waals surface area contributed by atoms with Gasteiger partial charge in [-0.15, -0.1) is 0 Å². The number of hydrogen-bond acceptors (Lipinski definition) is 4. The predicted molar refractivity (Wildman–Crippen MR) is 104 cm³/mol. The number of rotatable bonds is 4. The standard InChI is InChI=1S/C20H19N3O3S/c24-20(18-10-3-6-15-7-5-11-21-19(15)18)22-16-8-4-9-17(14-16)27(25,26)23-12-1-2-13-23/h3-11,14H,1-2,12-13H2,(H,22,24). The Morgan fingerprint density at radius 1 is 1.00 bits per heavy atom. The van der Waals surface area contributed by atoms with E-state index in [1.807, 2.05) is 18.2 Å². The number of amides is 1. The number of fused-ring (bicyclic) bond motifs is 1. The van der Waals surface area contributed by atoms with Gasteiger partial charge in [-0.3, -0.25) is 9.78 Å². The number of hydrogen-bond donors (Lipinski definition) is 1. The summed E-state index contributed by atoms with van der Waals surface area (Å²) >= 11 is 0. The topological polar surface area (TPSA) is 79.4 Å². The summed E-state index contributed by atoms with van der Waals surface area (Å²) in [5, 5.41) is 3.66. The molecular formula is C20H19N3O3S. The average molecular weight is 381 g/mol. The molecule has 1 aliphatic rings. The molecule has 1 aliphatic heterocycles. The highest BCUT2D eigenvalue weighted by atomic mass is 32.2. The molecule has 138 valence electrons. The van der Waals surface area contributed by atoms with E-state index in [9.17, 15) is 13.2 Å². The van der Waals surface area contributed by atoms with Gasteiger partial charge in [0.15, 0.2) is 0 Å². The van der Waals surface area contributed by atoms with Crippen LogP contribution < -0.4 is 5.32 Å². The molecule has 1 aromatic heterocycles. The first-order valence-electron chi connectivity index (χ1n) is 8.81. The molecule has 6 nitrogen and oxygen atoms in total. The van der Waals surface area contributed by atoms with E-state index < -0.39 is 10.0 Å². The molecule has 4 rings (SSSR count). The molecule has 1 saturated heterocycles. The third kappa shape index (κ3) is 3.43. The van der Waals surface area contributed by atoms with E-state index in [2.05, 4.69) is 10.3 Å². The maximum atomic E-state index is 12.7. The molecule has 0 bridgehead atoms. The van der Waals surface area contributed by atoms with Crippen LogP contribution in [0.15, 0.2) is 65.7 Å². The Balaban J connectivity index is 1.62. The lowest BCUT2D eigenvalue weighted by Gasteiger charge is -2.16. The molecule has 0 aliphatic carbocycles. The molecule has 0 unspecified atom stereocenters. The van der Waals surface area contributed by atoms with Crippen molar-refractivity contribution in [2.45, 2.75) is 17.7 Å². The van der Waals surface area contributed by atoms with Crippen molar-refractivity contribution in [1.29, 1.82) is 0 Å². The van der Waals surface area contributed by atoms with Crippen LogP contribution in [0.25, 0.3) is 10.9 Å². The van der Waals surface area contributed by atoms with E-state index in [-0.39, 0.29) is 10.8 Å². The van der Waals surface area contributed by atoms with Crippen molar-refractivity contribution in [1.82, 2.24) is 9.29 Å². The fraction of sp³-hybridized carbons (Fsp3) is 0.200. The highest BCUT2D eigenvalue weighted by Crippen LogP contribution is 2.24. The lowest BCUT2D eigenvalue weighted by atomic mass is 10.1. The van der Waals surface area contributed by atoms with Crippen LogP contribution in [0.4, 0.5) is 5.69 Å². The molecule has 1 fully saturated rings. The molecule has 3 aromatic rings. The zero-order valence-electron chi connectivity index (χ0n) is 14.6. The molecule has 2 heterocycles. The van der Waals surface area contributed by atoms with Gasteiger partial charge in [-0.2, -0.15) is 4.31 Å². The van der Waals surface area contributed by atoms with Crippen LogP contribution in [0, 0.1) is 0 Å². The van der Waals surface area contributed by atoms with E-state index >= 15 is 0 Å². The summed E-state index contributed by atoms with van der Waals surface area (Å²) in [6, 6.07) is 15.5. The smallest absolute Gasteiger partial charge is 0.257 e. The number of benzene rings is 2. The van der Waals surface area contributed by atoms with Gasteiger partial charge in [0, 0.05) is 30.4 Å². The number of carbonyl (C=O) groups excluding carboxylic acids is 1. The fourth-order valence-corrected chi connectivity index (χ4v) is 4.86. The summed E-state index contributed by atoms with van der Waals surface area (Å²) in [4.78, 5) is 17.2. The minimum Gasteiger partial charge on any atom is -0.322 e. The van der Waals surface area contributed by atoms with Crippen molar-refractivity contribution in [3.05, 3.63) is 66.4 Å². The molecule has 1 amide bonds. The highest BCUT2D eigenvalue weighted by molar-refractivity contribution is 7.89. The van der Waals surface area contributed by atoms with Crippen molar-refractivity contribution in [2.24, 2.45) is 0 Å². The number of carbonyl (C=O) groups is 1. The molecule has 0 saturated carbocycles. The molecule has 7 heteroatoms. The SMILES string of the molecule is O=C(Nc1cccc(S(=O)(=O)N2CCCC2)c1)c1cccc2cccnc12. The number of pyridine rings is 1. The van der Waals surface area contributed by atoms with Gasteiger partial charge in [0.2, 0.25) is 10.0 Å². The molecule has 0 spiro atoms. The van der Waals surface area contributed by atoms with Crippen LogP contribution in [0.3, 0.4) is 0 Å². The second-order valence-corrected chi connectivity index (χ2v) is 8.41. The monoisotopic (exact) mass is 381 g/mol. The molecule has 27 heavy (non-hydrogen) atoms. The second kappa shape index (κ2) is 7.09. The number of anilines is 1. The molecule has 0 radical (unpaired) electrons. The summed E-state index contributed by atoms with van der Waals surface area (Å²) in [6.07, 6.45) is 3.40. The average Bonchev–Trinajstić information content (AvgIpc) is 3.23. The number of para-hydroxylation sites is 1. The molecule has 0 atom stereocenters. The summed E-state index contributed by atoms with van der Waals surface area (Å²) in [7, 11) is -3.53. The summed E-state index contributed by atoms with van der Waals surface area (Å²) < 4.78 is 26.9. The number of nitrogens with zero attached hydrogens (tertiary/aromatic N) is 2. The lowest BCUT2D eigenvalue weighted by Crippen LogP contribution is -2.27. The van der Waals surface area contributed by atoms with Crippen molar-refractivity contribution >= 4 is 32.5 Å². The van der Waals surface area contributed by atoms with E-state index in [0.29, 0.717) is 29.9 Å². The number of aromatic nitrogens is 1. The quantitative estimate of drug-likeness (QED) is 0.752. The zero-order valence-corrected chi connectivity index (χ0v) is 15.4. The van der Waals surface area contributed by atoms with E-state index in [1.54, 1.807) is 36.5 Å². The summed E-state index contributed by atoms with van der Waals surface area (Å²) in [5.74, 6) is -0.324. The Bertz CT molecular complexity index is 1100. The zero-order chi connectivity index (χ0) is 18.9. The Hall–Kier alpha value is -2.77. The van der Waals surface area contributed by atoms with Gasteiger partial charge in [-0.1, -0.05) is 24.3 Å².